The topological polar surface area (TPSA) is 44.8 Å². The fourth-order valence-corrected chi connectivity index (χ4v) is 1.67. The molecular weight excluding hydrogens is 244 g/mol. The molecule has 2 atom stereocenters. The van der Waals surface area contributed by atoms with E-state index < -0.39 is 17.9 Å². The number of hydrogen-bond donors (Lipinski definition) is 0. The maximum Gasteiger partial charge on any atom is 0.312 e. The van der Waals surface area contributed by atoms with Gasteiger partial charge in [-0.25, -0.2) is 0 Å². The summed E-state index contributed by atoms with van der Waals surface area (Å²) in [4.78, 5) is 11.0. The highest BCUT2D eigenvalue weighted by atomic mass is 16.7. The van der Waals surface area contributed by atoms with E-state index >= 15 is 0 Å². The van der Waals surface area contributed by atoms with Gasteiger partial charge in [0.25, 0.3) is 0 Å². The first-order valence-corrected chi connectivity index (χ1v) is 5.69. The maximum absolute atomic E-state index is 11.0. The Balaban J connectivity index is 2.09. The first kappa shape index (κ1) is 12.9. The van der Waals surface area contributed by atoms with Gasteiger partial charge in [-0.05, 0) is 30.9 Å². The second kappa shape index (κ2) is 5.37. The number of esters is 1. The second-order valence-electron chi connectivity index (χ2n) is 3.82. The van der Waals surface area contributed by atoms with Crippen LogP contribution in [0.1, 0.15) is 13.8 Å². The molecule has 1 spiro atoms. The number of hydrogen-bond acceptors (Lipinski definition) is 4. The van der Waals surface area contributed by atoms with Crippen LogP contribution < -0.4 is 0 Å². The normalized spacial score (nSPS) is 28.1. The smallest absolute Gasteiger partial charge is 0.312 e. The van der Waals surface area contributed by atoms with Gasteiger partial charge < -0.3 is 14.2 Å². The van der Waals surface area contributed by atoms with E-state index in [1.54, 1.807) is 31.2 Å². The minimum Gasteiger partial charge on any atom is -0.453 e. The van der Waals surface area contributed by atoms with E-state index in [0.29, 0.717) is 5.76 Å². The Bertz CT molecular complexity index is 589. The second-order valence-corrected chi connectivity index (χ2v) is 3.82. The summed E-state index contributed by atoms with van der Waals surface area (Å²) in [7, 11) is 0. The first-order chi connectivity index (χ1) is 9.16. The van der Waals surface area contributed by atoms with Gasteiger partial charge in [0, 0.05) is 19.1 Å². The number of carbonyl (C=O) groups excluding carboxylic acids is 1. The lowest BCUT2D eigenvalue weighted by Crippen LogP contribution is -2.40. The molecule has 2 rings (SSSR count). The van der Waals surface area contributed by atoms with Crippen LogP contribution in [0.3, 0.4) is 0 Å². The van der Waals surface area contributed by atoms with Crippen LogP contribution in [0.25, 0.3) is 0 Å². The van der Waals surface area contributed by atoms with Gasteiger partial charge >= 0.3 is 11.8 Å². The minimum absolute atomic E-state index is 0.396. The van der Waals surface area contributed by atoms with E-state index in [1.165, 1.54) is 13.2 Å². The Morgan fingerprint density at radius 3 is 3.11 bits per heavy atom. The van der Waals surface area contributed by atoms with Crippen molar-refractivity contribution < 1.29 is 19.0 Å². The summed E-state index contributed by atoms with van der Waals surface area (Å²) in [5, 5.41) is 0. The zero-order valence-electron chi connectivity index (χ0n) is 10.6. The summed E-state index contributed by atoms with van der Waals surface area (Å²) in [6.45, 7) is 3.05. The van der Waals surface area contributed by atoms with Gasteiger partial charge in [0.1, 0.15) is 5.76 Å². The molecule has 0 aromatic heterocycles. The average Bonchev–Trinajstić information content (AvgIpc) is 2.94. The third-order valence-electron chi connectivity index (χ3n) is 2.43. The summed E-state index contributed by atoms with van der Waals surface area (Å²) >= 11 is 0. The van der Waals surface area contributed by atoms with Gasteiger partial charge in [0.2, 0.25) is 6.10 Å². The molecule has 2 aliphatic heterocycles. The van der Waals surface area contributed by atoms with Crippen LogP contribution in [-0.2, 0) is 19.0 Å². The van der Waals surface area contributed by atoms with Gasteiger partial charge in [-0.15, -0.1) is 0 Å². The summed E-state index contributed by atoms with van der Waals surface area (Å²) in [5.74, 6) is 9.71. The summed E-state index contributed by atoms with van der Waals surface area (Å²) in [5.41, 5.74) is 0. The van der Waals surface area contributed by atoms with E-state index in [4.69, 9.17) is 14.2 Å². The Hall–Kier alpha value is -2.59. The molecule has 0 N–H and O–H groups in total. The van der Waals surface area contributed by atoms with Crippen LogP contribution in [-0.4, -0.2) is 17.9 Å². The quantitative estimate of drug-likeness (QED) is 0.528. The van der Waals surface area contributed by atoms with Crippen molar-refractivity contribution in [2.45, 2.75) is 25.7 Å². The molecule has 4 heteroatoms. The van der Waals surface area contributed by atoms with Crippen molar-refractivity contribution in [1.29, 1.82) is 0 Å². The van der Waals surface area contributed by atoms with Gasteiger partial charge in [-0.1, -0.05) is 11.8 Å². The SMILES string of the molecule is CC#CC#C/C=C1\C=C[C@@]2(OC=CC2OC(C)=O)O1. The Kier molecular flexibility index (Phi) is 3.63. The Morgan fingerprint density at radius 2 is 2.37 bits per heavy atom. The monoisotopic (exact) mass is 256 g/mol. The lowest BCUT2D eigenvalue weighted by molar-refractivity contribution is -0.189. The zero-order valence-corrected chi connectivity index (χ0v) is 10.6. The molecule has 2 heterocycles. The molecule has 1 unspecified atom stereocenters. The molecule has 0 bridgehead atoms. The summed E-state index contributed by atoms with van der Waals surface area (Å²) in [6.07, 6.45) is 7.48. The van der Waals surface area contributed by atoms with Crippen molar-refractivity contribution >= 4 is 5.97 Å². The molecule has 0 aromatic carbocycles. The van der Waals surface area contributed by atoms with Crippen molar-refractivity contribution in [2.75, 3.05) is 0 Å². The fourth-order valence-electron chi connectivity index (χ4n) is 1.67. The highest BCUT2D eigenvalue weighted by Crippen LogP contribution is 2.36. The molecule has 2 aliphatic rings. The zero-order chi connectivity index (χ0) is 13.7. The van der Waals surface area contributed by atoms with Crippen molar-refractivity contribution in [3.63, 3.8) is 0 Å². The predicted octanol–water partition coefficient (Wildman–Crippen LogP) is 1.66. The molecule has 19 heavy (non-hydrogen) atoms. The first-order valence-electron chi connectivity index (χ1n) is 5.69. The highest BCUT2D eigenvalue weighted by molar-refractivity contribution is 5.66. The van der Waals surface area contributed by atoms with Crippen LogP contribution in [0.4, 0.5) is 0 Å². The summed E-state index contributed by atoms with van der Waals surface area (Å²) < 4.78 is 16.2. The van der Waals surface area contributed by atoms with Gasteiger partial charge in [-0.2, -0.15) is 0 Å². The van der Waals surface area contributed by atoms with E-state index in [0.717, 1.165) is 0 Å². The van der Waals surface area contributed by atoms with Crippen molar-refractivity contribution in [3.8, 4) is 23.7 Å². The van der Waals surface area contributed by atoms with Crippen molar-refractivity contribution in [3.05, 3.63) is 36.3 Å². The Labute approximate surface area is 111 Å². The van der Waals surface area contributed by atoms with Gasteiger partial charge in [0.15, 0.2) is 0 Å². The van der Waals surface area contributed by atoms with E-state index in [2.05, 4.69) is 23.7 Å². The fraction of sp³-hybridized carbons (Fsp3) is 0.267. The third-order valence-corrected chi connectivity index (χ3v) is 2.43. The van der Waals surface area contributed by atoms with Crippen LogP contribution in [0, 0.1) is 23.7 Å². The molecule has 4 nitrogen and oxygen atoms in total. The maximum atomic E-state index is 11.0. The molecule has 0 aromatic rings. The average molecular weight is 256 g/mol. The van der Waals surface area contributed by atoms with E-state index in [-0.39, 0.29) is 0 Å². The summed E-state index contributed by atoms with van der Waals surface area (Å²) in [6, 6.07) is 0. The van der Waals surface area contributed by atoms with E-state index in [1.807, 2.05) is 0 Å². The molecule has 0 radical (unpaired) electrons. The lowest BCUT2D eigenvalue weighted by atomic mass is 10.1. The van der Waals surface area contributed by atoms with E-state index in [9.17, 15) is 4.79 Å². The lowest BCUT2D eigenvalue weighted by Gasteiger charge is -2.27. The molecular formula is C15H12O4. The Morgan fingerprint density at radius 1 is 1.53 bits per heavy atom. The van der Waals surface area contributed by atoms with Crippen LogP contribution >= 0.6 is 0 Å². The number of ether oxygens (including phenoxy) is 3. The molecule has 0 aliphatic carbocycles. The molecule has 96 valence electrons. The molecule has 0 amide bonds. The van der Waals surface area contributed by atoms with Crippen molar-refractivity contribution in [1.82, 2.24) is 0 Å². The highest BCUT2D eigenvalue weighted by Gasteiger charge is 2.48. The number of rotatable bonds is 1. The molecule has 0 saturated carbocycles. The number of carbonyl (C=O) groups is 1. The molecule has 0 fully saturated rings. The predicted molar refractivity (Wildman–Crippen MR) is 68.0 cm³/mol. The van der Waals surface area contributed by atoms with Crippen LogP contribution in [0.15, 0.2) is 36.3 Å². The number of allylic oxidation sites excluding steroid dienone is 2. The largest absolute Gasteiger partial charge is 0.453 e. The minimum atomic E-state index is -1.10. The standard InChI is InChI=1S/C15H12O4/c1-3-4-5-6-7-13-8-10-15(19-13)14(9-11-17-15)18-12(2)16/h7-11,14H,1-2H3/b13-7+/t14?,15-/m1/s1. The van der Waals surface area contributed by atoms with Crippen LogP contribution in [0.2, 0.25) is 0 Å². The van der Waals surface area contributed by atoms with Crippen LogP contribution in [0.5, 0.6) is 0 Å². The van der Waals surface area contributed by atoms with Gasteiger partial charge in [0.05, 0.1) is 6.26 Å². The third kappa shape index (κ3) is 2.81. The molecule has 0 saturated heterocycles. The van der Waals surface area contributed by atoms with Gasteiger partial charge in [-0.3, -0.25) is 4.79 Å². The van der Waals surface area contributed by atoms with Crippen molar-refractivity contribution in [2.24, 2.45) is 0 Å².